The van der Waals surface area contributed by atoms with E-state index < -0.39 is 0 Å². The van der Waals surface area contributed by atoms with Crippen molar-refractivity contribution >= 4 is 0 Å². The lowest BCUT2D eigenvalue weighted by atomic mass is 9.49. The van der Waals surface area contributed by atoms with Gasteiger partial charge < -0.3 is 5.11 Å². The van der Waals surface area contributed by atoms with Crippen LogP contribution >= 0.6 is 0 Å². The van der Waals surface area contributed by atoms with Crippen molar-refractivity contribution in [2.75, 3.05) is 0 Å². The fraction of sp³-hybridized carbons (Fsp3) is 0.857. The van der Waals surface area contributed by atoms with Crippen molar-refractivity contribution in [1.29, 1.82) is 0 Å². The summed E-state index contributed by atoms with van der Waals surface area (Å²) in [5.41, 5.74) is 2.88. The molecule has 4 aliphatic rings. The number of hydrogen-bond donors (Lipinski definition) is 2. The largest absolute Gasteiger partial charge is 0.393 e. The predicted molar refractivity (Wildman–Crippen MR) is 126 cm³/mol. The minimum absolute atomic E-state index is 0.184. The van der Waals surface area contributed by atoms with Crippen LogP contribution in [-0.2, 0) is 4.89 Å². The standard InChI is InChI=1S/C28H46O3/c1-6-19(17(2)3)8-7-18(4)22-9-10-24-23(22)11-12-25-27(24)26(31-30)16-20-15-21(29)13-14-28(20,25)5/h16,18-19,21-27,29-30H,2,6-15H2,1,3-5H3/t18-,19+,21+,22-,23-,24-,25+,26+,27+,28+/m1/s1. The molecule has 0 saturated heterocycles. The third-order valence-corrected chi connectivity index (χ3v) is 10.5. The summed E-state index contributed by atoms with van der Waals surface area (Å²) in [6, 6.07) is 0. The fourth-order valence-corrected chi connectivity index (χ4v) is 8.61. The second kappa shape index (κ2) is 9.31. The van der Waals surface area contributed by atoms with Crippen LogP contribution in [0, 0.1) is 46.8 Å². The quantitative estimate of drug-likeness (QED) is 0.259. The zero-order valence-electron chi connectivity index (χ0n) is 20.4. The zero-order chi connectivity index (χ0) is 22.3. The molecule has 3 heteroatoms. The lowest BCUT2D eigenvalue weighted by molar-refractivity contribution is -0.293. The van der Waals surface area contributed by atoms with Gasteiger partial charge in [0.1, 0.15) is 6.10 Å². The van der Waals surface area contributed by atoms with Crippen LogP contribution in [0.3, 0.4) is 0 Å². The van der Waals surface area contributed by atoms with E-state index in [-0.39, 0.29) is 17.6 Å². The van der Waals surface area contributed by atoms with Crippen molar-refractivity contribution < 1.29 is 15.3 Å². The van der Waals surface area contributed by atoms with Gasteiger partial charge in [-0.1, -0.05) is 44.6 Å². The van der Waals surface area contributed by atoms with Crippen molar-refractivity contribution in [2.45, 2.75) is 104 Å². The van der Waals surface area contributed by atoms with Gasteiger partial charge in [-0.05, 0) is 118 Å². The molecule has 0 amide bonds. The van der Waals surface area contributed by atoms with Gasteiger partial charge in [0.25, 0.3) is 0 Å². The maximum Gasteiger partial charge on any atom is 0.114 e. The van der Waals surface area contributed by atoms with E-state index in [1.807, 2.05) is 0 Å². The molecule has 2 N–H and O–H groups in total. The minimum Gasteiger partial charge on any atom is -0.393 e. The second-order valence-electron chi connectivity index (χ2n) is 11.9. The van der Waals surface area contributed by atoms with Crippen molar-refractivity contribution in [1.82, 2.24) is 0 Å². The first-order valence-electron chi connectivity index (χ1n) is 13.1. The first kappa shape index (κ1) is 23.5. The lowest BCUT2D eigenvalue weighted by Gasteiger charge is -2.56. The van der Waals surface area contributed by atoms with Crippen LogP contribution in [0.15, 0.2) is 23.8 Å². The van der Waals surface area contributed by atoms with Crippen molar-refractivity contribution in [2.24, 2.45) is 46.8 Å². The maximum absolute atomic E-state index is 10.3. The molecule has 4 rings (SSSR count). The molecule has 0 aromatic carbocycles. The summed E-state index contributed by atoms with van der Waals surface area (Å²) < 4.78 is 0. The molecular weight excluding hydrogens is 384 g/mol. The molecule has 3 nitrogen and oxygen atoms in total. The van der Waals surface area contributed by atoms with Gasteiger partial charge in [-0.25, -0.2) is 4.89 Å². The summed E-state index contributed by atoms with van der Waals surface area (Å²) in [5.74, 6) is 4.73. The third-order valence-electron chi connectivity index (χ3n) is 10.5. The van der Waals surface area contributed by atoms with Crippen LogP contribution in [0.2, 0.25) is 0 Å². The molecule has 31 heavy (non-hydrogen) atoms. The summed E-state index contributed by atoms with van der Waals surface area (Å²) >= 11 is 0. The number of allylic oxidation sites excluding steroid dienone is 1. The van der Waals surface area contributed by atoms with Crippen LogP contribution in [0.5, 0.6) is 0 Å². The van der Waals surface area contributed by atoms with E-state index >= 15 is 0 Å². The van der Waals surface area contributed by atoms with E-state index in [9.17, 15) is 10.4 Å². The molecule has 0 aromatic heterocycles. The van der Waals surface area contributed by atoms with Crippen LogP contribution in [0.4, 0.5) is 0 Å². The van der Waals surface area contributed by atoms with E-state index in [1.54, 1.807) is 0 Å². The number of fused-ring (bicyclic) bond motifs is 5. The summed E-state index contributed by atoms with van der Waals surface area (Å²) in [5, 5.41) is 20.1. The van der Waals surface area contributed by atoms with E-state index in [2.05, 4.69) is 40.3 Å². The van der Waals surface area contributed by atoms with Crippen LogP contribution in [-0.4, -0.2) is 22.6 Å². The highest BCUT2D eigenvalue weighted by Gasteiger charge is 2.57. The van der Waals surface area contributed by atoms with Crippen LogP contribution < -0.4 is 0 Å². The molecule has 0 aromatic rings. The molecule has 3 fully saturated rings. The molecule has 0 aliphatic heterocycles. The number of aliphatic hydroxyl groups excluding tert-OH is 1. The normalized spacial score (nSPS) is 43.9. The van der Waals surface area contributed by atoms with Crippen molar-refractivity contribution in [3.8, 4) is 0 Å². The molecular formula is C28H46O3. The highest BCUT2D eigenvalue weighted by Crippen LogP contribution is 2.63. The minimum atomic E-state index is -0.227. The maximum atomic E-state index is 10.3. The molecule has 0 spiro atoms. The molecule has 3 saturated carbocycles. The van der Waals surface area contributed by atoms with E-state index in [0.29, 0.717) is 23.7 Å². The van der Waals surface area contributed by atoms with Crippen molar-refractivity contribution in [3.63, 3.8) is 0 Å². The van der Waals surface area contributed by atoms with Crippen LogP contribution in [0.1, 0.15) is 91.9 Å². The Balaban J connectivity index is 1.50. The Hall–Kier alpha value is -0.640. The van der Waals surface area contributed by atoms with Crippen molar-refractivity contribution in [3.05, 3.63) is 23.8 Å². The number of aliphatic hydroxyl groups is 1. The highest BCUT2D eigenvalue weighted by atomic mass is 17.1. The van der Waals surface area contributed by atoms with Crippen LogP contribution in [0.25, 0.3) is 0 Å². The Morgan fingerprint density at radius 3 is 2.61 bits per heavy atom. The Morgan fingerprint density at radius 1 is 1.19 bits per heavy atom. The monoisotopic (exact) mass is 430 g/mol. The number of hydrogen-bond acceptors (Lipinski definition) is 3. The Kier molecular flexibility index (Phi) is 7.06. The SMILES string of the molecule is C=C(C)[C@@H](CC)CC[C@@H](C)[C@H]1CC[C@@H]2[C@@H]1CC[C@H]1[C@H]2[C@@H](OO)C=C2C[C@@H](O)CC[C@@]21C. The molecule has 0 heterocycles. The fourth-order valence-electron chi connectivity index (χ4n) is 8.61. The van der Waals surface area contributed by atoms with Gasteiger partial charge in [0.05, 0.1) is 6.10 Å². The van der Waals surface area contributed by atoms with E-state index in [0.717, 1.165) is 37.0 Å². The second-order valence-corrected chi connectivity index (χ2v) is 11.9. The Bertz CT molecular complexity index is 684. The molecule has 0 bridgehead atoms. The zero-order valence-corrected chi connectivity index (χ0v) is 20.4. The van der Waals surface area contributed by atoms with Gasteiger partial charge in [-0.15, -0.1) is 0 Å². The Morgan fingerprint density at radius 2 is 1.94 bits per heavy atom. The predicted octanol–water partition coefficient (Wildman–Crippen LogP) is 7.02. The average molecular weight is 431 g/mol. The first-order valence-corrected chi connectivity index (χ1v) is 13.1. The van der Waals surface area contributed by atoms with Gasteiger partial charge in [-0.2, -0.15) is 0 Å². The van der Waals surface area contributed by atoms with Gasteiger partial charge in [-0.3, -0.25) is 5.26 Å². The van der Waals surface area contributed by atoms with Gasteiger partial charge in [0.2, 0.25) is 0 Å². The molecule has 176 valence electrons. The highest BCUT2D eigenvalue weighted by molar-refractivity contribution is 5.27. The Labute approximate surface area is 190 Å². The molecule has 4 aliphatic carbocycles. The average Bonchev–Trinajstić information content (AvgIpc) is 3.18. The summed E-state index contributed by atoms with van der Waals surface area (Å²) in [4.78, 5) is 5.15. The summed E-state index contributed by atoms with van der Waals surface area (Å²) in [6.45, 7) is 13.6. The lowest BCUT2D eigenvalue weighted by Crippen LogP contribution is -2.52. The topological polar surface area (TPSA) is 49.7 Å². The smallest absolute Gasteiger partial charge is 0.114 e. The summed E-state index contributed by atoms with van der Waals surface area (Å²) in [6.07, 6.45) is 13.6. The van der Waals surface area contributed by atoms with Gasteiger partial charge >= 0.3 is 0 Å². The van der Waals surface area contributed by atoms with E-state index in [1.165, 1.54) is 56.1 Å². The summed E-state index contributed by atoms with van der Waals surface area (Å²) in [7, 11) is 0. The first-order chi connectivity index (χ1) is 14.8. The van der Waals surface area contributed by atoms with Gasteiger partial charge in [0, 0.05) is 0 Å². The third kappa shape index (κ3) is 4.20. The van der Waals surface area contributed by atoms with Gasteiger partial charge in [0.15, 0.2) is 0 Å². The molecule has 0 radical (unpaired) electrons. The van der Waals surface area contributed by atoms with E-state index in [4.69, 9.17) is 4.89 Å². The molecule has 10 atom stereocenters. The molecule has 0 unspecified atom stereocenters. The number of rotatable bonds is 7.